The van der Waals surface area contributed by atoms with Gasteiger partial charge in [0.05, 0.1) is 0 Å². The summed E-state index contributed by atoms with van der Waals surface area (Å²) in [5, 5.41) is 0. The maximum atomic E-state index is 3.35. The van der Waals surface area contributed by atoms with Gasteiger partial charge in [-0.2, -0.15) is 0 Å². The van der Waals surface area contributed by atoms with E-state index in [1.165, 1.54) is 36.1 Å². The molecular formula is C23H27N. The Kier molecular flexibility index (Phi) is 3.29. The summed E-state index contributed by atoms with van der Waals surface area (Å²) in [4.78, 5) is 2.52. The van der Waals surface area contributed by atoms with Gasteiger partial charge in [0.2, 0.25) is 0 Å². The molecule has 2 aromatic rings. The number of nitrogens with zero attached hydrogens (tertiary/aromatic N) is 1. The molecule has 1 aliphatic heterocycles. The van der Waals surface area contributed by atoms with Crippen molar-refractivity contribution in [1.82, 2.24) is 0 Å². The van der Waals surface area contributed by atoms with Crippen LogP contribution >= 0.6 is 0 Å². The number of benzene rings is 2. The first-order chi connectivity index (χ1) is 11.4. The van der Waals surface area contributed by atoms with Crippen molar-refractivity contribution in [2.24, 2.45) is 0 Å². The molecule has 1 heterocycles. The summed E-state index contributed by atoms with van der Waals surface area (Å²) >= 11 is 0. The second-order valence-corrected chi connectivity index (χ2v) is 8.19. The highest BCUT2D eigenvalue weighted by molar-refractivity contribution is 5.65. The van der Waals surface area contributed by atoms with Crippen LogP contribution in [0.15, 0.2) is 42.5 Å². The van der Waals surface area contributed by atoms with Crippen LogP contribution in [0, 0.1) is 18.8 Å². The predicted octanol–water partition coefficient (Wildman–Crippen LogP) is 5.29. The van der Waals surface area contributed by atoms with E-state index in [1.807, 2.05) is 0 Å². The minimum Gasteiger partial charge on any atom is -0.369 e. The van der Waals surface area contributed by atoms with Crippen molar-refractivity contribution in [2.75, 3.05) is 11.9 Å². The van der Waals surface area contributed by atoms with Crippen molar-refractivity contribution in [3.05, 3.63) is 64.7 Å². The van der Waals surface area contributed by atoms with Crippen LogP contribution in [0.5, 0.6) is 0 Å². The molecule has 0 atom stereocenters. The number of fused-ring (bicyclic) bond motifs is 1. The van der Waals surface area contributed by atoms with Crippen molar-refractivity contribution < 1.29 is 1.43 Å². The van der Waals surface area contributed by atoms with Gasteiger partial charge in [0.15, 0.2) is 0 Å². The fraction of sp³-hybridized carbons (Fsp3) is 0.391. The number of anilines is 1. The van der Waals surface area contributed by atoms with Gasteiger partial charge in [0, 0.05) is 30.8 Å². The fourth-order valence-electron chi connectivity index (χ4n) is 4.18. The number of rotatable bonds is 0. The highest BCUT2D eigenvalue weighted by Gasteiger charge is 2.53. The first kappa shape index (κ1) is 15.3. The van der Waals surface area contributed by atoms with Gasteiger partial charge in [-0.05, 0) is 67.5 Å². The first-order valence-corrected chi connectivity index (χ1v) is 8.87. The molecule has 1 nitrogen and oxygen atoms in total. The van der Waals surface area contributed by atoms with Gasteiger partial charge >= 0.3 is 0 Å². The van der Waals surface area contributed by atoms with Gasteiger partial charge in [0.1, 0.15) is 0 Å². The zero-order valence-corrected chi connectivity index (χ0v) is 15.1. The normalized spacial score (nSPS) is 19.4. The van der Waals surface area contributed by atoms with Crippen LogP contribution < -0.4 is 4.90 Å². The molecule has 24 heavy (non-hydrogen) atoms. The molecule has 0 aromatic heterocycles. The predicted molar refractivity (Wildman–Crippen MR) is 104 cm³/mol. The monoisotopic (exact) mass is 317 g/mol. The Balaban J connectivity index is 0.00000182. The largest absolute Gasteiger partial charge is 0.369 e. The van der Waals surface area contributed by atoms with E-state index in [-0.39, 0.29) is 6.84 Å². The van der Waals surface area contributed by atoms with Gasteiger partial charge < -0.3 is 4.90 Å². The van der Waals surface area contributed by atoms with Crippen molar-refractivity contribution in [3.63, 3.8) is 0 Å². The summed E-state index contributed by atoms with van der Waals surface area (Å²) in [6, 6.07) is 15.2. The van der Waals surface area contributed by atoms with Gasteiger partial charge in [-0.25, -0.2) is 0 Å². The van der Waals surface area contributed by atoms with Crippen LogP contribution in [0.2, 0.25) is 0 Å². The molecule has 0 bridgehead atoms. The van der Waals surface area contributed by atoms with Crippen LogP contribution in [0.3, 0.4) is 0 Å². The maximum absolute atomic E-state index is 3.35. The van der Waals surface area contributed by atoms with E-state index in [0.717, 1.165) is 11.1 Å². The smallest absolute Gasteiger partial charge is 0.0409 e. The van der Waals surface area contributed by atoms with Gasteiger partial charge in [-0.15, -0.1) is 0 Å². The summed E-state index contributed by atoms with van der Waals surface area (Å²) in [6.45, 7) is 6.87. The maximum Gasteiger partial charge on any atom is 0.0409 e. The summed E-state index contributed by atoms with van der Waals surface area (Å²) in [6.07, 6.45) is 3.92. The lowest BCUT2D eigenvalue weighted by Gasteiger charge is -2.45. The summed E-state index contributed by atoms with van der Waals surface area (Å²) in [7, 11) is 2.26. The van der Waals surface area contributed by atoms with Crippen LogP contribution in [0.4, 0.5) is 5.69 Å². The zero-order valence-electron chi connectivity index (χ0n) is 15.1. The lowest BCUT2D eigenvalue weighted by atomic mass is 9.73. The van der Waals surface area contributed by atoms with Crippen LogP contribution in [0.25, 0.3) is 0 Å². The number of hydrogen-bond acceptors (Lipinski definition) is 1. The van der Waals surface area contributed by atoms with E-state index in [4.69, 9.17) is 0 Å². The Labute approximate surface area is 147 Å². The van der Waals surface area contributed by atoms with Crippen molar-refractivity contribution in [1.29, 1.82) is 0 Å². The molecule has 4 rings (SSSR count). The standard InChI is InChI=1S/C23H25N.H2/c1-17-5-7-18(8-6-17)9-10-19-11-12-21-20(15-19)22(2,3)16-23(13-14-23)24(21)4;/h5-8,11-12,15H,13-14,16H2,1-4H3;1H. The molecule has 0 N–H and O–H groups in total. The van der Waals surface area contributed by atoms with E-state index >= 15 is 0 Å². The molecule has 0 amide bonds. The SMILES string of the molecule is Cc1ccc(C#Cc2ccc3c(c2)C(C)(C)CC2(CC2)N3C)cc1.[HH]. The molecule has 0 unspecified atom stereocenters. The Morgan fingerprint density at radius 3 is 2.25 bits per heavy atom. The zero-order chi connectivity index (χ0) is 16.9. The van der Waals surface area contributed by atoms with E-state index in [2.05, 4.69) is 87.0 Å². The van der Waals surface area contributed by atoms with Gasteiger partial charge in [0.25, 0.3) is 0 Å². The fourth-order valence-corrected chi connectivity index (χ4v) is 4.18. The molecule has 1 aliphatic carbocycles. The molecule has 2 aromatic carbocycles. The van der Waals surface area contributed by atoms with E-state index < -0.39 is 0 Å². The van der Waals surface area contributed by atoms with Crippen LogP contribution in [-0.2, 0) is 5.41 Å². The van der Waals surface area contributed by atoms with E-state index in [9.17, 15) is 0 Å². The third-order valence-electron chi connectivity index (χ3n) is 5.80. The topological polar surface area (TPSA) is 3.24 Å². The first-order valence-electron chi connectivity index (χ1n) is 8.87. The van der Waals surface area contributed by atoms with E-state index in [1.54, 1.807) is 0 Å². The summed E-state index contributed by atoms with van der Waals surface area (Å²) < 4.78 is 0. The third-order valence-corrected chi connectivity index (χ3v) is 5.80. The third kappa shape index (κ3) is 2.51. The molecule has 124 valence electrons. The molecular weight excluding hydrogens is 290 g/mol. The Hall–Kier alpha value is -2.20. The molecule has 0 radical (unpaired) electrons. The Bertz CT molecular complexity index is 848. The van der Waals surface area contributed by atoms with Gasteiger partial charge in [-0.1, -0.05) is 43.4 Å². The minimum atomic E-state index is 0. The van der Waals surface area contributed by atoms with Crippen LogP contribution in [0.1, 0.15) is 56.8 Å². The second kappa shape index (κ2) is 5.15. The highest BCUT2D eigenvalue weighted by atomic mass is 15.2. The van der Waals surface area contributed by atoms with Crippen LogP contribution in [-0.4, -0.2) is 12.6 Å². The number of aryl methyl sites for hydroxylation is 1. The molecule has 1 saturated carbocycles. The second-order valence-electron chi connectivity index (χ2n) is 8.19. The highest BCUT2D eigenvalue weighted by Crippen LogP contribution is 2.56. The Morgan fingerprint density at radius 1 is 0.958 bits per heavy atom. The van der Waals surface area contributed by atoms with E-state index in [0.29, 0.717) is 5.54 Å². The summed E-state index contributed by atoms with van der Waals surface area (Å²) in [5.41, 5.74) is 6.94. The quantitative estimate of drug-likeness (QED) is 0.597. The van der Waals surface area contributed by atoms with Crippen molar-refractivity contribution in [2.45, 2.75) is 51.0 Å². The molecule has 2 aliphatic rings. The Morgan fingerprint density at radius 2 is 1.58 bits per heavy atom. The molecule has 0 saturated heterocycles. The lowest BCUT2D eigenvalue weighted by molar-refractivity contribution is 0.378. The van der Waals surface area contributed by atoms with Crippen molar-refractivity contribution in [3.8, 4) is 11.8 Å². The molecule has 1 fully saturated rings. The molecule has 1 heteroatoms. The average Bonchev–Trinajstić information content (AvgIpc) is 3.32. The minimum absolute atomic E-state index is 0. The van der Waals surface area contributed by atoms with Gasteiger partial charge in [-0.3, -0.25) is 0 Å². The lowest BCUT2D eigenvalue weighted by Crippen LogP contribution is -2.45. The number of hydrogen-bond donors (Lipinski definition) is 0. The van der Waals surface area contributed by atoms with Crippen molar-refractivity contribution >= 4 is 5.69 Å². The average molecular weight is 317 g/mol. The summed E-state index contributed by atoms with van der Waals surface area (Å²) in [5.74, 6) is 6.65. The molecule has 1 spiro atoms.